The Morgan fingerprint density at radius 3 is 2.55 bits per heavy atom. The van der Waals surface area contributed by atoms with Crippen molar-refractivity contribution < 1.29 is 17.6 Å². The third-order valence-electron chi connectivity index (χ3n) is 3.12. The van der Waals surface area contributed by atoms with E-state index in [1.165, 1.54) is 30.5 Å². The van der Waals surface area contributed by atoms with E-state index in [0.29, 0.717) is 10.8 Å². The molecule has 2 rings (SSSR count). The van der Waals surface area contributed by atoms with Crippen molar-refractivity contribution in [2.75, 3.05) is 5.75 Å². The van der Waals surface area contributed by atoms with Crippen molar-refractivity contribution in [2.24, 2.45) is 0 Å². The second kappa shape index (κ2) is 6.98. The monoisotopic (exact) mass is 341 g/mol. The van der Waals surface area contributed by atoms with Crippen LogP contribution in [-0.2, 0) is 14.6 Å². The van der Waals surface area contributed by atoms with Crippen LogP contribution in [0.4, 0.5) is 0 Å². The van der Waals surface area contributed by atoms with Crippen molar-refractivity contribution in [2.45, 2.75) is 24.3 Å². The topological polar surface area (TPSA) is 76.4 Å². The van der Waals surface area contributed by atoms with Crippen LogP contribution in [0.3, 0.4) is 0 Å². The Morgan fingerprint density at radius 2 is 1.95 bits per heavy atom. The van der Waals surface area contributed by atoms with Crippen LogP contribution in [0.15, 0.2) is 52.0 Å². The van der Waals surface area contributed by atoms with Crippen molar-refractivity contribution >= 4 is 27.3 Å². The van der Waals surface area contributed by atoms with Crippen LogP contribution in [-0.4, -0.2) is 20.1 Å². The van der Waals surface area contributed by atoms with Crippen LogP contribution in [0.25, 0.3) is 0 Å². The summed E-state index contributed by atoms with van der Waals surface area (Å²) in [7, 11) is -3.50. The van der Waals surface area contributed by atoms with Gasteiger partial charge in [-0.05, 0) is 43.3 Å². The Morgan fingerprint density at radius 1 is 1.27 bits per heavy atom. The first-order valence-electron chi connectivity index (χ1n) is 6.69. The van der Waals surface area contributed by atoms with Gasteiger partial charge in [-0.25, -0.2) is 8.42 Å². The first-order valence-corrected chi connectivity index (χ1v) is 8.72. The first kappa shape index (κ1) is 16.6. The number of halogens is 1. The fourth-order valence-corrected chi connectivity index (χ4v) is 3.28. The number of furan rings is 1. The number of benzene rings is 1. The number of hydrogen-bond donors (Lipinski definition) is 1. The summed E-state index contributed by atoms with van der Waals surface area (Å²) in [6, 6.07) is 9.04. The van der Waals surface area contributed by atoms with Crippen LogP contribution >= 0.6 is 11.6 Å². The van der Waals surface area contributed by atoms with Crippen molar-refractivity contribution in [3.63, 3.8) is 0 Å². The number of hydrogen-bond acceptors (Lipinski definition) is 4. The summed E-state index contributed by atoms with van der Waals surface area (Å²) >= 11 is 5.73. The number of carbonyl (C=O) groups is 1. The summed E-state index contributed by atoms with van der Waals surface area (Å²) in [6.07, 6.45) is 1.40. The van der Waals surface area contributed by atoms with Crippen LogP contribution < -0.4 is 5.32 Å². The van der Waals surface area contributed by atoms with Crippen molar-refractivity contribution in [1.82, 2.24) is 5.32 Å². The lowest BCUT2D eigenvalue weighted by molar-refractivity contribution is -0.121. The zero-order valence-electron chi connectivity index (χ0n) is 12.0. The van der Waals surface area contributed by atoms with E-state index in [0.717, 1.165) is 0 Å². The summed E-state index contributed by atoms with van der Waals surface area (Å²) in [5.74, 6) is 0.0149. The van der Waals surface area contributed by atoms with E-state index < -0.39 is 9.84 Å². The van der Waals surface area contributed by atoms with Gasteiger partial charge in [0.25, 0.3) is 0 Å². The van der Waals surface area contributed by atoms with E-state index in [1.807, 2.05) is 0 Å². The molecule has 7 heteroatoms. The van der Waals surface area contributed by atoms with Gasteiger partial charge in [0.1, 0.15) is 5.76 Å². The average molecular weight is 342 g/mol. The van der Waals surface area contributed by atoms with Gasteiger partial charge in [-0.15, -0.1) is 0 Å². The molecule has 0 aliphatic carbocycles. The molecule has 1 atom stereocenters. The Bertz CT molecular complexity index is 723. The minimum atomic E-state index is -3.50. The predicted octanol–water partition coefficient (Wildman–Crippen LogP) is 2.97. The molecule has 0 saturated carbocycles. The van der Waals surface area contributed by atoms with Gasteiger partial charge in [0.15, 0.2) is 9.84 Å². The molecule has 5 nitrogen and oxygen atoms in total. The number of sulfone groups is 1. The SMILES string of the molecule is C[C@@H](NC(=O)CCS(=O)(=O)c1ccc(Cl)cc1)c1ccco1. The molecule has 0 fully saturated rings. The standard InChI is InChI=1S/C15H16ClNO4S/c1-11(14-3-2-9-21-14)17-15(18)8-10-22(19,20)13-6-4-12(16)5-7-13/h2-7,9,11H,8,10H2,1H3,(H,17,18)/t11-/m1/s1. The number of rotatable bonds is 6. The largest absolute Gasteiger partial charge is 0.467 e. The van der Waals surface area contributed by atoms with Crippen LogP contribution in [0.5, 0.6) is 0 Å². The molecule has 1 aromatic carbocycles. The molecule has 1 amide bonds. The Balaban J connectivity index is 1.91. The maximum atomic E-state index is 12.1. The zero-order chi connectivity index (χ0) is 16.2. The van der Waals surface area contributed by atoms with E-state index >= 15 is 0 Å². The van der Waals surface area contributed by atoms with Crippen LogP contribution in [0.1, 0.15) is 25.1 Å². The maximum absolute atomic E-state index is 12.1. The minimum absolute atomic E-state index is 0.115. The minimum Gasteiger partial charge on any atom is -0.467 e. The van der Waals surface area contributed by atoms with Crippen LogP contribution in [0, 0.1) is 0 Å². The predicted molar refractivity (Wildman–Crippen MR) is 83.4 cm³/mol. The molecule has 1 aromatic heterocycles. The van der Waals surface area contributed by atoms with Gasteiger partial charge < -0.3 is 9.73 Å². The molecule has 0 aliphatic rings. The highest BCUT2D eigenvalue weighted by Gasteiger charge is 2.18. The summed E-state index contributed by atoms with van der Waals surface area (Å²) in [4.78, 5) is 12.0. The molecule has 0 saturated heterocycles. The fraction of sp³-hybridized carbons (Fsp3) is 0.267. The molecule has 0 aliphatic heterocycles. The number of carbonyl (C=O) groups excluding carboxylic acids is 1. The summed E-state index contributed by atoms with van der Waals surface area (Å²) in [5, 5.41) is 3.16. The van der Waals surface area contributed by atoms with Gasteiger partial charge in [-0.1, -0.05) is 11.6 Å². The fourth-order valence-electron chi connectivity index (χ4n) is 1.91. The summed E-state index contributed by atoms with van der Waals surface area (Å²) < 4.78 is 29.4. The second-order valence-electron chi connectivity index (χ2n) is 4.83. The Labute approximate surface area is 134 Å². The first-order chi connectivity index (χ1) is 10.4. The molecule has 0 bridgehead atoms. The number of nitrogens with one attached hydrogen (secondary N) is 1. The highest BCUT2D eigenvalue weighted by Crippen LogP contribution is 2.16. The smallest absolute Gasteiger partial charge is 0.221 e. The van der Waals surface area contributed by atoms with E-state index in [-0.39, 0.29) is 29.0 Å². The molecule has 2 aromatic rings. The van der Waals surface area contributed by atoms with Gasteiger partial charge in [-0.3, -0.25) is 4.79 Å². The lowest BCUT2D eigenvalue weighted by Crippen LogP contribution is -2.28. The maximum Gasteiger partial charge on any atom is 0.221 e. The molecule has 1 heterocycles. The van der Waals surface area contributed by atoms with E-state index in [4.69, 9.17) is 16.0 Å². The van der Waals surface area contributed by atoms with Gasteiger partial charge in [0.05, 0.1) is 23.0 Å². The third-order valence-corrected chi connectivity index (χ3v) is 5.10. The van der Waals surface area contributed by atoms with Crippen molar-refractivity contribution in [1.29, 1.82) is 0 Å². The van der Waals surface area contributed by atoms with Crippen LogP contribution in [0.2, 0.25) is 5.02 Å². The normalized spacial score (nSPS) is 12.8. The van der Waals surface area contributed by atoms with Crippen molar-refractivity contribution in [3.8, 4) is 0 Å². The quantitative estimate of drug-likeness (QED) is 0.876. The summed E-state index contributed by atoms with van der Waals surface area (Å²) in [5.41, 5.74) is 0. The molecule has 1 N–H and O–H groups in total. The van der Waals surface area contributed by atoms with E-state index in [2.05, 4.69) is 5.32 Å². The molecular formula is C15H16ClNO4S. The van der Waals surface area contributed by atoms with Gasteiger partial charge in [0, 0.05) is 11.4 Å². The van der Waals surface area contributed by atoms with Gasteiger partial charge >= 0.3 is 0 Å². The van der Waals surface area contributed by atoms with Gasteiger partial charge in [-0.2, -0.15) is 0 Å². The molecule has 0 spiro atoms. The molecule has 22 heavy (non-hydrogen) atoms. The third kappa shape index (κ3) is 4.35. The molecular weight excluding hydrogens is 326 g/mol. The highest BCUT2D eigenvalue weighted by atomic mass is 35.5. The summed E-state index contributed by atoms with van der Waals surface area (Å²) in [6.45, 7) is 1.77. The highest BCUT2D eigenvalue weighted by molar-refractivity contribution is 7.91. The lowest BCUT2D eigenvalue weighted by atomic mass is 10.2. The molecule has 0 unspecified atom stereocenters. The van der Waals surface area contributed by atoms with E-state index in [1.54, 1.807) is 19.1 Å². The number of amides is 1. The van der Waals surface area contributed by atoms with Crippen molar-refractivity contribution in [3.05, 3.63) is 53.4 Å². The second-order valence-corrected chi connectivity index (χ2v) is 7.37. The van der Waals surface area contributed by atoms with Gasteiger partial charge in [0.2, 0.25) is 5.91 Å². The Hall–Kier alpha value is -1.79. The average Bonchev–Trinajstić information content (AvgIpc) is 3.00. The molecule has 118 valence electrons. The lowest BCUT2D eigenvalue weighted by Gasteiger charge is -2.11. The van der Waals surface area contributed by atoms with E-state index in [9.17, 15) is 13.2 Å². The zero-order valence-corrected chi connectivity index (χ0v) is 13.5. The Kier molecular flexibility index (Phi) is 5.26. The molecule has 0 radical (unpaired) electrons.